The summed E-state index contributed by atoms with van der Waals surface area (Å²) in [5.41, 5.74) is 2.90. The number of benzene rings is 1. The van der Waals surface area contributed by atoms with E-state index >= 15 is 0 Å². The predicted molar refractivity (Wildman–Crippen MR) is 124 cm³/mol. The summed E-state index contributed by atoms with van der Waals surface area (Å²) in [6.45, 7) is 6.98. The number of likely N-dealkylation sites (tertiary alicyclic amines) is 1. The number of aliphatic imine (C=N–C) groups is 1. The van der Waals surface area contributed by atoms with Crippen molar-refractivity contribution in [1.29, 1.82) is 0 Å². The van der Waals surface area contributed by atoms with Crippen LogP contribution < -0.4 is 0 Å². The highest BCUT2D eigenvalue weighted by Crippen LogP contribution is 2.52. The molecule has 1 aromatic heterocycles. The maximum atomic E-state index is 4.69. The van der Waals surface area contributed by atoms with E-state index in [1.165, 1.54) is 30.5 Å². The molecule has 0 amide bonds. The molecule has 5 nitrogen and oxygen atoms in total. The molecule has 0 radical (unpaired) electrons. The fourth-order valence-electron chi connectivity index (χ4n) is 5.92. The standard InChI is InChI=1S/C24H33N5S/c1-17-7-8-21(29(14-17)15-22-25-9-10-30-22)19-5-4-6-20(11-19)24(12-18(2)13-24)23-27-26-16-28(23)3/h4-6,9,11,16-18,21-22H,7-8,10,12-15H2,1-3H3/t17?,18?,21?,22-,24?/m0/s1. The molecule has 2 aliphatic heterocycles. The topological polar surface area (TPSA) is 46.3 Å². The van der Waals surface area contributed by atoms with Crippen molar-refractivity contribution in [2.75, 3.05) is 18.8 Å². The molecule has 2 unspecified atom stereocenters. The molecule has 1 saturated carbocycles. The van der Waals surface area contributed by atoms with E-state index in [1.54, 1.807) is 0 Å². The second kappa shape index (κ2) is 8.12. The Morgan fingerprint density at radius 1 is 1.17 bits per heavy atom. The number of rotatable bonds is 5. The third-order valence-electron chi connectivity index (χ3n) is 7.30. The smallest absolute Gasteiger partial charge is 0.143 e. The van der Waals surface area contributed by atoms with Crippen LogP contribution in [0.2, 0.25) is 0 Å². The Morgan fingerprint density at radius 2 is 2.03 bits per heavy atom. The van der Waals surface area contributed by atoms with Crippen LogP contribution in [0.15, 0.2) is 35.6 Å². The van der Waals surface area contributed by atoms with Crippen LogP contribution in [-0.2, 0) is 12.5 Å². The summed E-state index contributed by atoms with van der Waals surface area (Å²) in [4.78, 5) is 7.39. The van der Waals surface area contributed by atoms with E-state index in [2.05, 4.69) is 71.0 Å². The molecule has 160 valence electrons. The number of nitrogens with zero attached hydrogens (tertiary/aromatic N) is 5. The van der Waals surface area contributed by atoms with Crippen molar-refractivity contribution in [3.8, 4) is 0 Å². The fourth-order valence-corrected chi connectivity index (χ4v) is 6.78. The first-order chi connectivity index (χ1) is 14.5. The summed E-state index contributed by atoms with van der Waals surface area (Å²) in [7, 11) is 2.08. The molecule has 2 aromatic rings. The van der Waals surface area contributed by atoms with Crippen molar-refractivity contribution >= 4 is 18.0 Å². The fraction of sp³-hybridized carbons (Fsp3) is 0.625. The van der Waals surface area contributed by atoms with Gasteiger partial charge in [-0.3, -0.25) is 9.89 Å². The van der Waals surface area contributed by atoms with Crippen LogP contribution in [-0.4, -0.2) is 50.1 Å². The van der Waals surface area contributed by atoms with Crippen molar-refractivity contribution in [3.63, 3.8) is 0 Å². The van der Waals surface area contributed by atoms with E-state index in [9.17, 15) is 0 Å². The van der Waals surface area contributed by atoms with Gasteiger partial charge in [0.2, 0.25) is 0 Å². The van der Waals surface area contributed by atoms with E-state index in [-0.39, 0.29) is 5.41 Å². The molecular weight excluding hydrogens is 390 g/mol. The minimum absolute atomic E-state index is 0.0130. The lowest BCUT2D eigenvalue weighted by Crippen LogP contribution is -2.43. The van der Waals surface area contributed by atoms with Gasteiger partial charge in [-0.15, -0.1) is 22.0 Å². The summed E-state index contributed by atoms with van der Waals surface area (Å²) in [6, 6.07) is 9.90. The molecule has 6 heteroatoms. The lowest BCUT2D eigenvalue weighted by Gasteiger charge is -2.46. The predicted octanol–water partition coefficient (Wildman–Crippen LogP) is 4.45. The highest BCUT2D eigenvalue weighted by atomic mass is 32.2. The first-order valence-corrected chi connectivity index (χ1v) is 12.4. The van der Waals surface area contributed by atoms with Crippen LogP contribution in [0.1, 0.15) is 62.5 Å². The summed E-state index contributed by atoms with van der Waals surface area (Å²) in [5.74, 6) is 3.67. The highest BCUT2D eigenvalue weighted by molar-refractivity contribution is 8.00. The summed E-state index contributed by atoms with van der Waals surface area (Å²) >= 11 is 1.97. The Bertz CT molecular complexity index is 916. The van der Waals surface area contributed by atoms with E-state index in [1.807, 2.05) is 18.1 Å². The summed E-state index contributed by atoms with van der Waals surface area (Å²) in [5, 5.41) is 9.14. The maximum Gasteiger partial charge on any atom is 0.143 e. The number of hydrogen-bond donors (Lipinski definition) is 0. The molecule has 5 rings (SSSR count). The molecule has 2 fully saturated rings. The van der Waals surface area contributed by atoms with Gasteiger partial charge < -0.3 is 4.57 Å². The molecule has 3 aliphatic rings. The van der Waals surface area contributed by atoms with Crippen LogP contribution in [0.5, 0.6) is 0 Å². The van der Waals surface area contributed by atoms with Crippen LogP contribution in [0.4, 0.5) is 0 Å². The lowest BCUT2D eigenvalue weighted by atomic mass is 9.58. The van der Waals surface area contributed by atoms with Gasteiger partial charge in [-0.2, -0.15) is 0 Å². The monoisotopic (exact) mass is 423 g/mol. The SMILES string of the molecule is CC1CCC(c2cccc(C3(c4nncn4C)CC(C)C3)c2)N(C[C@H]2N=CCS2)C1. The second-order valence-corrected chi connectivity index (χ2v) is 11.0. The third kappa shape index (κ3) is 3.62. The molecule has 1 aliphatic carbocycles. The first kappa shape index (κ1) is 20.3. The Morgan fingerprint density at radius 3 is 2.73 bits per heavy atom. The van der Waals surface area contributed by atoms with Gasteiger partial charge >= 0.3 is 0 Å². The zero-order valence-corrected chi connectivity index (χ0v) is 19.2. The summed E-state index contributed by atoms with van der Waals surface area (Å²) < 4.78 is 2.11. The molecule has 3 atom stereocenters. The van der Waals surface area contributed by atoms with Gasteiger partial charge in [0.15, 0.2) is 0 Å². The van der Waals surface area contributed by atoms with Crippen molar-refractivity contribution < 1.29 is 0 Å². The maximum absolute atomic E-state index is 4.69. The molecule has 30 heavy (non-hydrogen) atoms. The van der Waals surface area contributed by atoms with E-state index in [4.69, 9.17) is 4.99 Å². The van der Waals surface area contributed by atoms with Gasteiger partial charge in [0, 0.05) is 38.1 Å². The number of piperidine rings is 1. The second-order valence-electron chi connectivity index (χ2n) is 9.76. The number of thioether (sulfide) groups is 1. The van der Waals surface area contributed by atoms with Crippen LogP contribution >= 0.6 is 11.8 Å². The number of hydrogen-bond acceptors (Lipinski definition) is 5. The van der Waals surface area contributed by atoms with Crippen molar-refractivity contribution in [2.45, 2.75) is 56.4 Å². The van der Waals surface area contributed by atoms with E-state index in [0.717, 1.165) is 42.8 Å². The zero-order chi connectivity index (χ0) is 20.7. The van der Waals surface area contributed by atoms with Gasteiger partial charge in [-0.25, -0.2) is 0 Å². The van der Waals surface area contributed by atoms with Crippen molar-refractivity contribution in [1.82, 2.24) is 19.7 Å². The highest BCUT2D eigenvalue weighted by Gasteiger charge is 2.48. The lowest BCUT2D eigenvalue weighted by molar-refractivity contribution is 0.115. The minimum Gasteiger partial charge on any atom is -0.320 e. The molecule has 1 saturated heterocycles. The van der Waals surface area contributed by atoms with Crippen molar-refractivity contribution in [2.24, 2.45) is 23.9 Å². The number of aryl methyl sites for hydroxylation is 1. The Kier molecular flexibility index (Phi) is 5.48. The molecule has 1 aromatic carbocycles. The Labute approximate surface area is 184 Å². The first-order valence-electron chi connectivity index (χ1n) is 11.4. The van der Waals surface area contributed by atoms with Gasteiger partial charge in [0.25, 0.3) is 0 Å². The van der Waals surface area contributed by atoms with Crippen LogP contribution in [0, 0.1) is 11.8 Å². The molecule has 3 heterocycles. The Balaban J connectivity index is 1.46. The van der Waals surface area contributed by atoms with E-state index < -0.39 is 0 Å². The average molecular weight is 424 g/mol. The van der Waals surface area contributed by atoms with Crippen LogP contribution in [0.3, 0.4) is 0 Å². The van der Waals surface area contributed by atoms with Crippen LogP contribution in [0.25, 0.3) is 0 Å². The molecule has 0 bridgehead atoms. The number of aromatic nitrogens is 3. The normalized spacial score (nSPS) is 34.2. The van der Waals surface area contributed by atoms with Gasteiger partial charge in [-0.05, 0) is 48.6 Å². The average Bonchev–Trinajstić information content (AvgIpc) is 3.37. The molecule has 0 N–H and O–H groups in total. The quantitative estimate of drug-likeness (QED) is 0.713. The molecular formula is C24H33N5S. The largest absolute Gasteiger partial charge is 0.320 e. The van der Waals surface area contributed by atoms with Gasteiger partial charge in [-0.1, -0.05) is 38.1 Å². The third-order valence-corrected chi connectivity index (χ3v) is 8.30. The zero-order valence-electron chi connectivity index (χ0n) is 18.4. The van der Waals surface area contributed by atoms with E-state index in [0.29, 0.717) is 11.4 Å². The van der Waals surface area contributed by atoms with Crippen molar-refractivity contribution in [3.05, 3.63) is 47.5 Å². The Hall–Kier alpha value is -1.66. The van der Waals surface area contributed by atoms with Gasteiger partial charge in [0.05, 0.1) is 5.41 Å². The molecule has 0 spiro atoms. The minimum atomic E-state index is 0.0130. The summed E-state index contributed by atoms with van der Waals surface area (Å²) in [6.07, 6.45) is 8.77. The van der Waals surface area contributed by atoms with Gasteiger partial charge in [0.1, 0.15) is 17.5 Å².